The summed E-state index contributed by atoms with van der Waals surface area (Å²) in [6, 6.07) is 0. The Bertz CT molecular complexity index is 407. The minimum atomic E-state index is -1.17. The van der Waals surface area contributed by atoms with Crippen LogP contribution in [-0.2, 0) is 19.3 Å². The number of esters is 1. The standard InChI is InChI=1S/C20H38O5/c1-16(11-15-21)10-9-13-19(5,6)23-17(22)20(24-25-20)14-8-7-12-18(2,3)4/h16,21H,7-15H2,1-6H3. The van der Waals surface area contributed by atoms with E-state index in [2.05, 4.69) is 27.7 Å². The second-order valence-electron chi connectivity index (χ2n) is 9.35. The molecule has 1 atom stereocenters. The summed E-state index contributed by atoms with van der Waals surface area (Å²) in [5, 5.41) is 8.95. The molecule has 5 heteroatoms. The van der Waals surface area contributed by atoms with Crippen molar-refractivity contribution < 1.29 is 24.4 Å². The van der Waals surface area contributed by atoms with Gasteiger partial charge in [0.25, 0.3) is 0 Å². The molecule has 1 saturated heterocycles. The lowest BCUT2D eigenvalue weighted by Crippen LogP contribution is -2.36. The van der Waals surface area contributed by atoms with Gasteiger partial charge in [0, 0.05) is 13.0 Å². The molecule has 1 N–H and O–H groups in total. The minimum Gasteiger partial charge on any atom is -0.456 e. The molecule has 5 nitrogen and oxygen atoms in total. The Hall–Kier alpha value is -0.650. The van der Waals surface area contributed by atoms with Crippen LogP contribution in [0.3, 0.4) is 0 Å². The number of carbonyl (C=O) groups is 1. The molecule has 1 heterocycles. The molecule has 0 aromatic carbocycles. The number of aliphatic hydroxyl groups excluding tert-OH is 1. The summed E-state index contributed by atoms with van der Waals surface area (Å²) in [5.41, 5.74) is -0.238. The number of rotatable bonds is 12. The molecular formula is C20H38O5. The van der Waals surface area contributed by atoms with Gasteiger partial charge in [-0.25, -0.2) is 4.79 Å². The van der Waals surface area contributed by atoms with Gasteiger partial charge in [-0.2, -0.15) is 9.78 Å². The van der Waals surface area contributed by atoms with Gasteiger partial charge in [0.05, 0.1) is 0 Å². The first-order chi connectivity index (χ1) is 11.5. The van der Waals surface area contributed by atoms with E-state index in [0.29, 0.717) is 17.8 Å². The fourth-order valence-electron chi connectivity index (χ4n) is 2.94. The normalized spacial score (nSPS) is 18.0. The van der Waals surface area contributed by atoms with Crippen LogP contribution in [0.25, 0.3) is 0 Å². The van der Waals surface area contributed by atoms with Crippen LogP contribution in [-0.4, -0.2) is 29.1 Å². The summed E-state index contributed by atoms with van der Waals surface area (Å²) in [6.07, 6.45) is 7.16. The van der Waals surface area contributed by atoms with Gasteiger partial charge in [-0.3, -0.25) is 0 Å². The molecule has 0 aliphatic carbocycles. The Labute approximate surface area is 153 Å². The van der Waals surface area contributed by atoms with Crippen molar-refractivity contribution in [3.63, 3.8) is 0 Å². The summed E-state index contributed by atoms with van der Waals surface area (Å²) in [7, 11) is 0. The molecule has 1 aliphatic rings. The van der Waals surface area contributed by atoms with Gasteiger partial charge in [0.15, 0.2) is 0 Å². The first-order valence-corrected chi connectivity index (χ1v) is 9.71. The molecule has 148 valence electrons. The van der Waals surface area contributed by atoms with E-state index in [0.717, 1.165) is 44.9 Å². The van der Waals surface area contributed by atoms with Crippen LogP contribution in [0.1, 0.15) is 92.9 Å². The Kier molecular flexibility index (Phi) is 8.36. The predicted molar refractivity (Wildman–Crippen MR) is 97.7 cm³/mol. The van der Waals surface area contributed by atoms with Crippen molar-refractivity contribution in [1.29, 1.82) is 0 Å². The van der Waals surface area contributed by atoms with Gasteiger partial charge < -0.3 is 9.84 Å². The van der Waals surface area contributed by atoms with Crippen LogP contribution in [0, 0.1) is 11.3 Å². The highest BCUT2D eigenvalue weighted by atomic mass is 17.4. The molecule has 1 fully saturated rings. The van der Waals surface area contributed by atoms with E-state index in [1.165, 1.54) is 0 Å². The lowest BCUT2D eigenvalue weighted by molar-refractivity contribution is -0.165. The van der Waals surface area contributed by atoms with Crippen LogP contribution < -0.4 is 0 Å². The Morgan fingerprint density at radius 2 is 1.68 bits per heavy atom. The van der Waals surface area contributed by atoms with Crippen molar-refractivity contribution in [1.82, 2.24) is 0 Å². The second-order valence-corrected chi connectivity index (χ2v) is 9.35. The summed E-state index contributed by atoms with van der Waals surface area (Å²) < 4.78 is 5.67. The number of hydrogen-bond acceptors (Lipinski definition) is 5. The summed E-state index contributed by atoms with van der Waals surface area (Å²) in [4.78, 5) is 22.4. The molecular weight excluding hydrogens is 320 g/mol. The molecule has 1 rings (SSSR count). The maximum atomic E-state index is 12.4. The van der Waals surface area contributed by atoms with Crippen molar-refractivity contribution >= 4 is 5.97 Å². The van der Waals surface area contributed by atoms with Crippen molar-refractivity contribution in [2.75, 3.05) is 6.61 Å². The lowest BCUT2D eigenvalue weighted by atomic mass is 9.89. The van der Waals surface area contributed by atoms with Gasteiger partial charge in [0.1, 0.15) is 5.60 Å². The van der Waals surface area contributed by atoms with Crippen LogP contribution in [0.4, 0.5) is 0 Å². The highest BCUT2D eigenvalue weighted by Crippen LogP contribution is 2.39. The van der Waals surface area contributed by atoms with Gasteiger partial charge in [-0.15, -0.1) is 0 Å². The molecule has 0 spiro atoms. The maximum absolute atomic E-state index is 12.4. The second kappa shape index (κ2) is 9.33. The smallest absolute Gasteiger partial charge is 0.373 e. The van der Waals surface area contributed by atoms with Crippen LogP contribution in [0.5, 0.6) is 0 Å². The number of carbonyl (C=O) groups excluding carboxylic acids is 1. The average Bonchev–Trinajstić information content (AvgIpc) is 3.23. The van der Waals surface area contributed by atoms with Gasteiger partial charge in [-0.1, -0.05) is 40.5 Å². The largest absolute Gasteiger partial charge is 0.456 e. The number of aliphatic hydroxyl groups is 1. The third-order valence-electron chi connectivity index (χ3n) is 4.74. The predicted octanol–water partition coefficient (Wildman–Crippen LogP) is 4.76. The maximum Gasteiger partial charge on any atom is 0.373 e. The third-order valence-corrected chi connectivity index (χ3v) is 4.74. The molecule has 0 radical (unpaired) electrons. The zero-order valence-corrected chi connectivity index (χ0v) is 17.0. The van der Waals surface area contributed by atoms with Crippen LogP contribution in [0.2, 0.25) is 0 Å². The molecule has 1 unspecified atom stereocenters. The Balaban J connectivity index is 2.32. The van der Waals surface area contributed by atoms with Crippen molar-refractivity contribution in [3.05, 3.63) is 0 Å². The molecule has 0 aromatic heterocycles. The van der Waals surface area contributed by atoms with Gasteiger partial charge >= 0.3 is 11.8 Å². The molecule has 0 bridgehead atoms. The zero-order valence-electron chi connectivity index (χ0n) is 17.0. The Morgan fingerprint density at radius 1 is 1.04 bits per heavy atom. The van der Waals surface area contributed by atoms with Gasteiger partial charge in [-0.05, 0) is 57.3 Å². The number of unbranched alkanes of at least 4 members (excludes halogenated alkanes) is 1. The summed E-state index contributed by atoms with van der Waals surface area (Å²) in [5.74, 6) is -1.09. The van der Waals surface area contributed by atoms with Gasteiger partial charge in [0.2, 0.25) is 0 Å². The topological polar surface area (TPSA) is 71.6 Å². The van der Waals surface area contributed by atoms with E-state index < -0.39 is 17.4 Å². The number of hydrogen-bond donors (Lipinski definition) is 1. The minimum absolute atomic E-state index is 0.228. The zero-order chi connectivity index (χ0) is 19.1. The molecule has 25 heavy (non-hydrogen) atoms. The quantitative estimate of drug-likeness (QED) is 0.236. The highest BCUT2D eigenvalue weighted by Gasteiger charge is 2.58. The van der Waals surface area contributed by atoms with E-state index in [4.69, 9.17) is 19.6 Å². The van der Waals surface area contributed by atoms with E-state index in [1.54, 1.807) is 0 Å². The highest BCUT2D eigenvalue weighted by molar-refractivity contribution is 5.79. The van der Waals surface area contributed by atoms with E-state index in [9.17, 15) is 4.79 Å². The van der Waals surface area contributed by atoms with E-state index in [1.807, 2.05) is 13.8 Å². The first-order valence-electron chi connectivity index (χ1n) is 9.71. The third kappa shape index (κ3) is 9.02. The van der Waals surface area contributed by atoms with E-state index in [-0.39, 0.29) is 6.61 Å². The first kappa shape index (κ1) is 22.4. The summed E-state index contributed by atoms with van der Waals surface area (Å²) in [6.45, 7) is 12.9. The van der Waals surface area contributed by atoms with Crippen molar-refractivity contribution in [3.8, 4) is 0 Å². The van der Waals surface area contributed by atoms with Crippen LogP contribution in [0.15, 0.2) is 0 Å². The summed E-state index contributed by atoms with van der Waals surface area (Å²) >= 11 is 0. The fraction of sp³-hybridized carbons (Fsp3) is 0.950. The van der Waals surface area contributed by atoms with E-state index >= 15 is 0 Å². The molecule has 0 saturated carbocycles. The van der Waals surface area contributed by atoms with Crippen molar-refractivity contribution in [2.24, 2.45) is 11.3 Å². The molecule has 1 aliphatic heterocycles. The van der Waals surface area contributed by atoms with Crippen LogP contribution >= 0.6 is 0 Å². The molecule has 0 amide bonds. The molecule has 0 aromatic rings. The lowest BCUT2D eigenvalue weighted by Gasteiger charge is -2.26. The fourth-order valence-corrected chi connectivity index (χ4v) is 2.94. The Morgan fingerprint density at radius 3 is 2.20 bits per heavy atom. The van der Waals surface area contributed by atoms with Crippen molar-refractivity contribution in [2.45, 2.75) is 104 Å². The SMILES string of the molecule is CC(CCO)CCCC(C)(C)OC(=O)C1(CCCCC(C)(C)C)OO1. The average molecular weight is 359 g/mol. The monoisotopic (exact) mass is 358 g/mol. The number of ether oxygens (including phenoxy) is 1.